The van der Waals surface area contributed by atoms with Crippen LogP contribution < -0.4 is 20.1 Å². The zero-order valence-electron chi connectivity index (χ0n) is 22.7. The Morgan fingerprint density at radius 1 is 1.12 bits per heavy atom. The molecule has 0 aromatic carbocycles. The van der Waals surface area contributed by atoms with Crippen LogP contribution in [0.2, 0.25) is 0 Å². The first-order valence-electron chi connectivity index (χ1n) is 12.0. The van der Waals surface area contributed by atoms with Crippen molar-refractivity contribution in [2.24, 2.45) is 0 Å². The highest BCUT2D eigenvalue weighted by atomic mass is 32.2. The lowest BCUT2D eigenvalue weighted by atomic mass is 10.1. The number of carbonyl (C=O) groups excluding carboxylic acids is 1. The van der Waals surface area contributed by atoms with Crippen LogP contribution in [0.5, 0.6) is 5.75 Å². The summed E-state index contributed by atoms with van der Waals surface area (Å²) in [6, 6.07) is 8.01. The number of amides is 1. The SMILES string of the molecule is COc1ccnc(CNc2ncc(C#CC(C)(C)NS(C)(=O)=O)cc2C(=O)NCc2ccc(C)c(C(F)F)n2)c1. The van der Waals surface area contributed by atoms with E-state index in [2.05, 4.69) is 42.1 Å². The maximum absolute atomic E-state index is 13.3. The molecule has 0 fully saturated rings. The summed E-state index contributed by atoms with van der Waals surface area (Å²) in [5, 5.41) is 5.76. The number of rotatable bonds is 10. The number of hydrogen-bond donors (Lipinski definition) is 3. The van der Waals surface area contributed by atoms with E-state index in [4.69, 9.17) is 4.74 Å². The number of aryl methyl sites for hydroxylation is 1. The van der Waals surface area contributed by atoms with Crippen molar-refractivity contribution >= 4 is 21.7 Å². The first-order chi connectivity index (χ1) is 18.8. The number of pyridine rings is 3. The Morgan fingerprint density at radius 3 is 2.55 bits per heavy atom. The van der Waals surface area contributed by atoms with Crippen LogP contribution in [0.3, 0.4) is 0 Å². The van der Waals surface area contributed by atoms with Crippen LogP contribution in [0.15, 0.2) is 42.7 Å². The topological polar surface area (TPSA) is 135 Å². The number of methoxy groups -OCH3 is 1. The highest BCUT2D eigenvalue weighted by molar-refractivity contribution is 7.88. The molecule has 40 heavy (non-hydrogen) atoms. The lowest BCUT2D eigenvalue weighted by Gasteiger charge is -2.17. The number of aromatic nitrogens is 3. The van der Waals surface area contributed by atoms with Crippen LogP contribution in [0.4, 0.5) is 14.6 Å². The molecule has 0 unspecified atom stereocenters. The molecule has 1 amide bonds. The number of hydrogen-bond acceptors (Lipinski definition) is 8. The fraction of sp³-hybridized carbons (Fsp3) is 0.333. The fourth-order valence-corrected chi connectivity index (χ4v) is 4.57. The van der Waals surface area contributed by atoms with Crippen molar-refractivity contribution in [2.45, 2.75) is 45.8 Å². The van der Waals surface area contributed by atoms with E-state index >= 15 is 0 Å². The third kappa shape index (κ3) is 8.96. The molecule has 212 valence electrons. The summed E-state index contributed by atoms with van der Waals surface area (Å²) >= 11 is 0. The molecule has 0 atom stereocenters. The van der Waals surface area contributed by atoms with Crippen molar-refractivity contribution in [2.75, 3.05) is 18.7 Å². The van der Waals surface area contributed by atoms with E-state index in [1.54, 1.807) is 38.2 Å². The third-order valence-electron chi connectivity index (χ3n) is 5.38. The molecule has 0 radical (unpaired) electrons. The summed E-state index contributed by atoms with van der Waals surface area (Å²) in [6.07, 6.45) is 1.32. The predicted octanol–water partition coefficient (Wildman–Crippen LogP) is 3.35. The van der Waals surface area contributed by atoms with E-state index in [0.717, 1.165) is 6.26 Å². The number of halogens is 2. The summed E-state index contributed by atoms with van der Waals surface area (Å²) in [4.78, 5) is 25.8. The summed E-state index contributed by atoms with van der Waals surface area (Å²) in [5.41, 5.74) is 0.312. The predicted molar refractivity (Wildman–Crippen MR) is 146 cm³/mol. The Bertz CT molecular complexity index is 1550. The number of anilines is 1. The average molecular weight is 573 g/mol. The minimum atomic E-state index is -3.51. The van der Waals surface area contributed by atoms with Crippen LogP contribution in [-0.2, 0) is 23.1 Å². The molecule has 0 saturated carbocycles. The number of sulfonamides is 1. The molecule has 0 aliphatic carbocycles. The second-order valence-electron chi connectivity index (χ2n) is 9.40. The van der Waals surface area contributed by atoms with Gasteiger partial charge < -0.3 is 15.4 Å². The Balaban J connectivity index is 1.89. The third-order valence-corrected chi connectivity index (χ3v) is 6.26. The summed E-state index contributed by atoms with van der Waals surface area (Å²) < 4.78 is 57.4. The van der Waals surface area contributed by atoms with E-state index in [-0.39, 0.29) is 35.9 Å². The molecule has 0 saturated heterocycles. The molecule has 3 N–H and O–H groups in total. The Morgan fingerprint density at radius 2 is 1.88 bits per heavy atom. The molecule has 3 rings (SSSR count). The van der Waals surface area contributed by atoms with Gasteiger partial charge in [-0.25, -0.2) is 27.2 Å². The molecule has 13 heteroatoms. The molecule has 0 bridgehead atoms. The van der Waals surface area contributed by atoms with Crippen molar-refractivity contribution in [1.29, 1.82) is 0 Å². The van der Waals surface area contributed by atoms with E-state index in [0.29, 0.717) is 22.6 Å². The van der Waals surface area contributed by atoms with Crippen LogP contribution in [-0.4, -0.2) is 48.2 Å². The largest absolute Gasteiger partial charge is 0.497 e. The number of alkyl halides is 2. The van der Waals surface area contributed by atoms with Gasteiger partial charge in [-0.2, -0.15) is 4.72 Å². The van der Waals surface area contributed by atoms with Crippen molar-refractivity contribution in [3.05, 3.63) is 76.5 Å². The van der Waals surface area contributed by atoms with Crippen molar-refractivity contribution in [3.8, 4) is 17.6 Å². The number of ether oxygens (including phenoxy) is 1. The monoisotopic (exact) mass is 572 g/mol. The second kappa shape index (κ2) is 12.8. The van der Waals surface area contributed by atoms with E-state index in [1.165, 1.54) is 32.4 Å². The molecular weight excluding hydrogens is 542 g/mol. The quantitative estimate of drug-likeness (QED) is 0.315. The van der Waals surface area contributed by atoms with Gasteiger partial charge in [-0.15, -0.1) is 0 Å². The van der Waals surface area contributed by atoms with Crippen molar-refractivity contribution in [3.63, 3.8) is 0 Å². The smallest absolute Gasteiger partial charge is 0.280 e. The maximum atomic E-state index is 13.3. The normalized spacial score (nSPS) is 11.5. The van der Waals surface area contributed by atoms with Gasteiger partial charge in [0.25, 0.3) is 12.3 Å². The van der Waals surface area contributed by atoms with Crippen LogP contribution >= 0.6 is 0 Å². The molecule has 3 heterocycles. The van der Waals surface area contributed by atoms with Crippen LogP contribution in [0.1, 0.15) is 58.8 Å². The Labute approximate surface area is 232 Å². The van der Waals surface area contributed by atoms with Gasteiger partial charge in [-0.05, 0) is 44.5 Å². The van der Waals surface area contributed by atoms with Gasteiger partial charge >= 0.3 is 0 Å². The summed E-state index contributed by atoms with van der Waals surface area (Å²) in [5.74, 6) is 5.97. The highest BCUT2D eigenvalue weighted by Gasteiger charge is 2.20. The average Bonchev–Trinajstić information content (AvgIpc) is 2.89. The van der Waals surface area contributed by atoms with Gasteiger partial charge in [0, 0.05) is 24.0 Å². The van der Waals surface area contributed by atoms with Gasteiger partial charge in [-0.3, -0.25) is 9.78 Å². The summed E-state index contributed by atoms with van der Waals surface area (Å²) in [7, 11) is -1.97. The lowest BCUT2D eigenvalue weighted by molar-refractivity contribution is 0.0950. The molecule has 0 aliphatic rings. The van der Waals surface area contributed by atoms with Crippen molar-refractivity contribution < 1.29 is 26.7 Å². The molecule has 3 aromatic rings. The van der Waals surface area contributed by atoms with Gasteiger partial charge in [0.1, 0.15) is 17.3 Å². The summed E-state index contributed by atoms with van der Waals surface area (Å²) in [6.45, 7) is 4.86. The van der Waals surface area contributed by atoms with Gasteiger partial charge in [0.2, 0.25) is 10.0 Å². The molecular formula is C27H30F2N6O4S. The van der Waals surface area contributed by atoms with E-state index < -0.39 is 27.9 Å². The molecule has 10 nitrogen and oxygen atoms in total. The zero-order valence-corrected chi connectivity index (χ0v) is 23.5. The second-order valence-corrected chi connectivity index (χ2v) is 11.1. The molecule has 0 spiro atoms. The first kappa shape index (κ1) is 30.4. The highest BCUT2D eigenvalue weighted by Crippen LogP contribution is 2.21. The van der Waals surface area contributed by atoms with E-state index in [1.807, 2.05) is 0 Å². The van der Waals surface area contributed by atoms with Gasteiger partial charge in [-0.1, -0.05) is 17.9 Å². The maximum Gasteiger partial charge on any atom is 0.280 e. The minimum Gasteiger partial charge on any atom is -0.497 e. The van der Waals surface area contributed by atoms with Crippen molar-refractivity contribution in [1.82, 2.24) is 25.0 Å². The van der Waals surface area contributed by atoms with E-state index in [9.17, 15) is 22.0 Å². The zero-order chi connectivity index (χ0) is 29.5. The first-order valence-corrected chi connectivity index (χ1v) is 13.9. The van der Waals surface area contributed by atoms with Gasteiger partial charge in [0.05, 0.1) is 48.9 Å². The lowest BCUT2D eigenvalue weighted by Crippen LogP contribution is -2.41. The van der Waals surface area contributed by atoms with Crippen LogP contribution in [0.25, 0.3) is 0 Å². The molecule has 0 aliphatic heterocycles. The number of nitrogens with zero attached hydrogens (tertiary/aromatic N) is 3. The Kier molecular flexibility index (Phi) is 9.73. The molecule has 3 aromatic heterocycles. The number of carbonyl (C=O) groups is 1. The Hall–Kier alpha value is -4.15. The number of nitrogens with one attached hydrogen (secondary N) is 3. The minimum absolute atomic E-state index is 0.100. The fourth-order valence-electron chi connectivity index (χ4n) is 3.59. The standard InChI is InChI=1S/C27H30F2N6O4S/c1-17-6-7-19(34-23(17)24(28)29)15-33-26(36)22-12-18(8-10-27(2,3)35-40(5,37)38)14-31-25(22)32-16-20-13-21(39-4)9-11-30-20/h6-7,9,11-14,24,35H,15-16H2,1-5H3,(H,31,32)(H,33,36). The van der Waals surface area contributed by atoms with Gasteiger partial charge in [0.15, 0.2) is 0 Å². The van der Waals surface area contributed by atoms with Crippen LogP contribution in [0, 0.1) is 18.8 Å².